The predicted molar refractivity (Wildman–Crippen MR) is 80.8 cm³/mol. The molecule has 2 aliphatic rings. The number of aliphatic hydroxyl groups is 1. The van der Waals surface area contributed by atoms with Crippen molar-refractivity contribution in [3.8, 4) is 0 Å². The number of nitrogens with one attached hydrogen (secondary N) is 1. The summed E-state index contributed by atoms with van der Waals surface area (Å²) in [5.74, 6) is -0.858. The fourth-order valence-corrected chi connectivity index (χ4v) is 4.26. The van der Waals surface area contributed by atoms with Gasteiger partial charge in [-0.3, -0.25) is 0 Å². The van der Waals surface area contributed by atoms with Crippen LogP contribution in [0.25, 0.3) is 0 Å². The number of likely N-dealkylation sites (tertiary alicyclic amines) is 1. The van der Waals surface area contributed by atoms with Gasteiger partial charge in [0.2, 0.25) is 0 Å². The number of urea groups is 1. The van der Waals surface area contributed by atoms with E-state index in [2.05, 4.69) is 0 Å². The van der Waals surface area contributed by atoms with Gasteiger partial charge in [-0.2, -0.15) is 0 Å². The standard InChI is InChI=1S/C15H19FN2O4S/c1-10-3-2-4-12(13(10)16)23(21,22)17-14(20)18-8-5-11(19)9-15(18)6-7-15/h2-4,11,19H,5-9H2,1H3,(H,17,20). The fraction of sp³-hybridized carbons (Fsp3) is 0.533. The Hall–Kier alpha value is -1.67. The van der Waals surface area contributed by atoms with Gasteiger partial charge in [0, 0.05) is 12.1 Å². The molecular weight excluding hydrogens is 323 g/mol. The van der Waals surface area contributed by atoms with E-state index >= 15 is 0 Å². The summed E-state index contributed by atoms with van der Waals surface area (Å²) in [5.41, 5.74) is -0.248. The highest BCUT2D eigenvalue weighted by molar-refractivity contribution is 7.90. The first-order chi connectivity index (χ1) is 10.8. The smallest absolute Gasteiger partial charge is 0.331 e. The Labute approximate surface area is 134 Å². The SMILES string of the molecule is Cc1cccc(S(=O)(=O)NC(=O)N2CCC(O)CC23CC3)c1F. The van der Waals surface area contributed by atoms with Gasteiger partial charge in [-0.1, -0.05) is 12.1 Å². The van der Waals surface area contributed by atoms with E-state index in [1.807, 2.05) is 4.72 Å². The van der Waals surface area contributed by atoms with Crippen molar-refractivity contribution in [1.29, 1.82) is 0 Å². The first kappa shape index (κ1) is 16.2. The van der Waals surface area contributed by atoms with Crippen LogP contribution < -0.4 is 4.72 Å². The topological polar surface area (TPSA) is 86.7 Å². The maximum Gasteiger partial charge on any atom is 0.331 e. The summed E-state index contributed by atoms with van der Waals surface area (Å²) in [6, 6.07) is 3.26. The second-order valence-corrected chi connectivity index (χ2v) is 7.97. The number of piperidine rings is 1. The number of hydrogen-bond acceptors (Lipinski definition) is 4. The molecule has 1 aromatic carbocycles. The van der Waals surface area contributed by atoms with E-state index in [1.54, 1.807) is 0 Å². The second-order valence-electron chi connectivity index (χ2n) is 6.32. The molecule has 2 N–H and O–H groups in total. The van der Waals surface area contributed by atoms with Crippen molar-refractivity contribution >= 4 is 16.1 Å². The number of amides is 2. The van der Waals surface area contributed by atoms with Crippen LogP contribution in [0.4, 0.5) is 9.18 Å². The molecule has 2 fully saturated rings. The van der Waals surface area contributed by atoms with Gasteiger partial charge in [0.1, 0.15) is 10.7 Å². The van der Waals surface area contributed by atoms with Crippen molar-refractivity contribution in [3.05, 3.63) is 29.6 Å². The summed E-state index contributed by atoms with van der Waals surface area (Å²) in [6.07, 6.45) is 1.90. The zero-order valence-corrected chi connectivity index (χ0v) is 13.6. The monoisotopic (exact) mass is 342 g/mol. The Morgan fingerprint density at radius 1 is 1.43 bits per heavy atom. The third-order valence-electron chi connectivity index (χ3n) is 4.61. The van der Waals surface area contributed by atoms with Crippen molar-refractivity contribution in [2.75, 3.05) is 6.54 Å². The van der Waals surface area contributed by atoms with Gasteiger partial charge in [-0.15, -0.1) is 0 Å². The fourth-order valence-electron chi connectivity index (χ4n) is 3.15. The van der Waals surface area contributed by atoms with Gasteiger partial charge in [0.15, 0.2) is 0 Å². The number of rotatable bonds is 2. The maximum atomic E-state index is 14.0. The van der Waals surface area contributed by atoms with Crippen LogP contribution in [0.5, 0.6) is 0 Å². The molecule has 1 atom stereocenters. The number of carbonyl (C=O) groups is 1. The van der Waals surface area contributed by atoms with Gasteiger partial charge in [-0.25, -0.2) is 22.3 Å². The van der Waals surface area contributed by atoms with E-state index in [0.717, 1.165) is 18.9 Å². The molecule has 0 aromatic heterocycles. The lowest BCUT2D eigenvalue weighted by Crippen LogP contribution is -2.54. The lowest BCUT2D eigenvalue weighted by atomic mass is 9.98. The predicted octanol–water partition coefficient (Wildman–Crippen LogP) is 1.52. The molecule has 1 aliphatic heterocycles. The minimum atomic E-state index is -4.28. The Balaban J connectivity index is 1.81. The summed E-state index contributed by atoms with van der Waals surface area (Å²) < 4.78 is 40.6. The Bertz CT molecular complexity index is 746. The van der Waals surface area contributed by atoms with Gasteiger partial charge >= 0.3 is 6.03 Å². The number of halogens is 1. The maximum absolute atomic E-state index is 14.0. The number of nitrogens with zero attached hydrogens (tertiary/aromatic N) is 1. The Kier molecular flexibility index (Phi) is 3.84. The van der Waals surface area contributed by atoms with Gasteiger partial charge in [0.05, 0.1) is 6.10 Å². The molecule has 3 rings (SSSR count). The molecule has 8 heteroatoms. The summed E-state index contributed by atoms with van der Waals surface area (Å²) in [7, 11) is -4.28. The average Bonchev–Trinajstić information content (AvgIpc) is 3.20. The normalized spacial score (nSPS) is 22.9. The van der Waals surface area contributed by atoms with Gasteiger partial charge < -0.3 is 10.0 Å². The minimum absolute atomic E-state index is 0.195. The first-order valence-corrected chi connectivity index (χ1v) is 9.01. The van der Waals surface area contributed by atoms with Crippen molar-refractivity contribution in [2.24, 2.45) is 0 Å². The van der Waals surface area contributed by atoms with Gasteiger partial charge in [0.25, 0.3) is 10.0 Å². The minimum Gasteiger partial charge on any atom is -0.393 e. The molecule has 1 unspecified atom stereocenters. The lowest BCUT2D eigenvalue weighted by Gasteiger charge is -2.38. The highest BCUT2D eigenvalue weighted by Gasteiger charge is 2.53. The zero-order chi connectivity index (χ0) is 16.8. The molecule has 2 amide bonds. The van der Waals surface area contributed by atoms with Crippen LogP contribution in [-0.4, -0.2) is 42.6 Å². The molecule has 1 saturated carbocycles. The summed E-state index contributed by atoms with van der Waals surface area (Å²) >= 11 is 0. The van der Waals surface area contributed by atoms with E-state index in [1.165, 1.54) is 24.0 Å². The number of benzene rings is 1. The molecular formula is C15H19FN2O4S. The van der Waals surface area contributed by atoms with Crippen LogP contribution in [0.3, 0.4) is 0 Å². The molecule has 1 heterocycles. The van der Waals surface area contributed by atoms with Crippen LogP contribution >= 0.6 is 0 Å². The summed E-state index contributed by atoms with van der Waals surface area (Å²) in [5, 5.41) is 9.74. The number of aryl methyl sites for hydroxylation is 1. The molecule has 6 nitrogen and oxygen atoms in total. The molecule has 126 valence electrons. The number of aliphatic hydroxyl groups excluding tert-OH is 1. The van der Waals surface area contributed by atoms with Crippen molar-refractivity contribution in [3.63, 3.8) is 0 Å². The first-order valence-electron chi connectivity index (χ1n) is 7.53. The molecule has 1 saturated heterocycles. The lowest BCUT2D eigenvalue weighted by molar-refractivity contribution is 0.0505. The van der Waals surface area contributed by atoms with E-state index in [-0.39, 0.29) is 5.56 Å². The molecule has 23 heavy (non-hydrogen) atoms. The second kappa shape index (κ2) is 5.45. The van der Waals surface area contributed by atoms with Crippen LogP contribution in [0, 0.1) is 12.7 Å². The highest BCUT2D eigenvalue weighted by atomic mass is 32.2. The highest BCUT2D eigenvalue weighted by Crippen LogP contribution is 2.48. The van der Waals surface area contributed by atoms with E-state index < -0.39 is 38.4 Å². The Morgan fingerprint density at radius 2 is 2.13 bits per heavy atom. The molecule has 0 bridgehead atoms. The summed E-state index contributed by atoms with van der Waals surface area (Å²) in [4.78, 5) is 13.3. The molecule has 0 radical (unpaired) electrons. The van der Waals surface area contributed by atoms with Crippen LogP contribution in [0.2, 0.25) is 0 Å². The van der Waals surface area contributed by atoms with Crippen LogP contribution in [0.1, 0.15) is 31.2 Å². The van der Waals surface area contributed by atoms with E-state index in [4.69, 9.17) is 0 Å². The van der Waals surface area contributed by atoms with E-state index in [9.17, 15) is 22.7 Å². The van der Waals surface area contributed by atoms with Gasteiger partial charge in [-0.05, 0) is 44.2 Å². The zero-order valence-electron chi connectivity index (χ0n) is 12.8. The van der Waals surface area contributed by atoms with Crippen LogP contribution in [0.15, 0.2) is 23.1 Å². The molecule has 1 aliphatic carbocycles. The number of sulfonamides is 1. The number of hydrogen-bond donors (Lipinski definition) is 2. The van der Waals surface area contributed by atoms with Crippen molar-refractivity contribution in [2.45, 2.75) is 49.1 Å². The molecule has 1 aromatic rings. The quantitative estimate of drug-likeness (QED) is 0.853. The van der Waals surface area contributed by atoms with Crippen LogP contribution in [-0.2, 0) is 10.0 Å². The van der Waals surface area contributed by atoms with Crippen molar-refractivity contribution in [1.82, 2.24) is 9.62 Å². The van der Waals surface area contributed by atoms with E-state index in [0.29, 0.717) is 19.4 Å². The number of carbonyl (C=O) groups excluding carboxylic acids is 1. The third kappa shape index (κ3) is 2.92. The Morgan fingerprint density at radius 3 is 2.78 bits per heavy atom. The average molecular weight is 342 g/mol. The summed E-state index contributed by atoms with van der Waals surface area (Å²) in [6.45, 7) is 1.75. The molecule has 1 spiro atoms. The van der Waals surface area contributed by atoms with Crippen molar-refractivity contribution < 1.29 is 22.7 Å². The largest absolute Gasteiger partial charge is 0.393 e. The third-order valence-corrected chi connectivity index (χ3v) is 5.95.